The van der Waals surface area contributed by atoms with Gasteiger partial charge in [-0.25, -0.2) is 0 Å². The fourth-order valence-electron chi connectivity index (χ4n) is 2.49. The van der Waals surface area contributed by atoms with E-state index >= 15 is 0 Å². The quantitative estimate of drug-likeness (QED) is 0.810. The fourth-order valence-corrected chi connectivity index (χ4v) is 2.49. The molecule has 0 bridgehead atoms. The standard InChI is InChI=1S/C15H16N4O5/c20-14(12-6-16-3-4-21-12)17-7-13-18-15(24-19-13)9-1-2-10-11(5-9)23-8-22-10/h1-2,5,12,16H,3-4,6-8H2,(H,17,20)/t12-/m1/s1. The first-order valence-corrected chi connectivity index (χ1v) is 7.62. The third-order valence-electron chi connectivity index (χ3n) is 3.73. The van der Waals surface area contributed by atoms with Gasteiger partial charge in [-0.2, -0.15) is 4.98 Å². The van der Waals surface area contributed by atoms with Gasteiger partial charge in [-0.15, -0.1) is 0 Å². The van der Waals surface area contributed by atoms with Gasteiger partial charge in [0.25, 0.3) is 11.8 Å². The molecule has 3 heterocycles. The van der Waals surface area contributed by atoms with Crippen molar-refractivity contribution in [2.75, 3.05) is 26.5 Å². The predicted octanol–water partition coefficient (Wildman–Crippen LogP) is 0.0699. The molecule has 1 aromatic carbocycles. The Bertz CT molecular complexity index is 741. The van der Waals surface area contributed by atoms with E-state index < -0.39 is 6.10 Å². The SMILES string of the molecule is O=C(NCc1noc(-c2ccc3c(c2)OCO3)n1)[C@H]1CNCCO1. The molecule has 1 atom stereocenters. The molecule has 1 fully saturated rings. The van der Waals surface area contributed by atoms with Gasteiger partial charge >= 0.3 is 0 Å². The van der Waals surface area contributed by atoms with Gasteiger partial charge in [0.05, 0.1) is 13.2 Å². The zero-order valence-corrected chi connectivity index (χ0v) is 12.8. The molecule has 2 aliphatic rings. The van der Waals surface area contributed by atoms with Gasteiger partial charge in [-0.3, -0.25) is 4.79 Å². The van der Waals surface area contributed by atoms with Gasteiger partial charge < -0.3 is 29.4 Å². The summed E-state index contributed by atoms with van der Waals surface area (Å²) in [5.41, 5.74) is 0.726. The molecule has 2 aromatic rings. The number of nitrogens with one attached hydrogen (secondary N) is 2. The van der Waals surface area contributed by atoms with E-state index in [0.29, 0.717) is 36.4 Å². The maximum atomic E-state index is 12.0. The molecule has 126 valence electrons. The monoisotopic (exact) mass is 332 g/mol. The Kier molecular flexibility index (Phi) is 4.01. The third kappa shape index (κ3) is 3.03. The van der Waals surface area contributed by atoms with Crippen molar-refractivity contribution in [2.24, 2.45) is 0 Å². The van der Waals surface area contributed by atoms with Gasteiger partial charge in [0.1, 0.15) is 6.10 Å². The number of morpholine rings is 1. The molecule has 2 aliphatic heterocycles. The average molecular weight is 332 g/mol. The Labute approximate surface area is 137 Å². The Morgan fingerprint density at radius 3 is 3.12 bits per heavy atom. The van der Waals surface area contributed by atoms with Gasteiger partial charge in [0, 0.05) is 18.7 Å². The minimum absolute atomic E-state index is 0.173. The first-order valence-electron chi connectivity index (χ1n) is 7.62. The van der Waals surface area contributed by atoms with E-state index in [1.54, 1.807) is 12.1 Å². The third-order valence-corrected chi connectivity index (χ3v) is 3.73. The molecule has 1 amide bonds. The average Bonchev–Trinajstić information content (AvgIpc) is 3.29. The molecule has 2 N–H and O–H groups in total. The van der Waals surface area contributed by atoms with Crippen LogP contribution in [0.5, 0.6) is 11.5 Å². The van der Waals surface area contributed by atoms with Crippen molar-refractivity contribution in [2.45, 2.75) is 12.6 Å². The molecule has 0 unspecified atom stereocenters. The minimum Gasteiger partial charge on any atom is -0.454 e. The number of fused-ring (bicyclic) bond motifs is 1. The molecule has 0 radical (unpaired) electrons. The molecule has 1 saturated heterocycles. The highest BCUT2D eigenvalue weighted by Crippen LogP contribution is 2.35. The smallest absolute Gasteiger partial charge is 0.258 e. The van der Waals surface area contributed by atoms with E-state index in [-0.39, 0.29) is 19.2 Å². The number of carbonyl (C=O) groups excluding carboxylic acids is 1. The number of benzene rings is 1. The van der Waals surface area contributed by atoms with Crippen LogP contribution in [0.3, 0.4) is 0 Å². The lowest BCUT2D eigenvalue weighted by Crippen LogP contribution is -2.47. The van der Waals surface area contributed by atoms with Crippen LogP contribution in [0, 0.1) is 0 Å². The molecule has 0 aliphatic carbocycles. The van der Waals surface area contributed by atoms with Crippen LogP contribution in [0.4, 0.5) is 0 Å². The van der Waals surface area contributed by atoms with Crippen LogP contribution in [0.1, 0.15) is 5.82 Å². The summed E-state index contributed by atoms with van der Waals surface area (Å²) >= 11 is 0. The number of nitrogens with zero attached hydrogens (tertiary/aromatic N) is 2. The maximum absolute atomic E-state index is 12.0. The van der Waals surface area contributed by atoms with Crippen molar-refractivity contribution in [3.63, 3.8) is 0 Å². The number of carbonyl (C=O) groups is 1. The summed E-state index contributed by atoms with van der Waals surface area (Å²) in [6.45, 7) is 2.16. The van der Waals surface area contributed by atoms with E-state index in [1.165, 1.54) is 0 Å². The maximum Gasteiger partial charge on any atom is 0.258 e. The minimum atomic E-state index is -0.487. The molecule has 1 aromatic heterocycles. The highest BCUT2D eigenvalue weighted by Gasteiger charge is 2.22. The van der Waals surface area contributed by atoms with E-state index in [4.69, 9.17) is 18.7 Å². The molecular formula is C15H16N4O5. The number of hydrogen-bond acceptors (Lipinski definition) is 8. The number of aromatic nitrogens is 2. The summed E-state index contributed by atoms with van der Waals surface area (Å²) in [7, 11) is 0. The summed E-state index contributed by atoms with van der Waals surface area (Å²) in [4.78, 5) is 16.3. The van der Waals surface area contributed by atoms with Crippen LogP contribution in [-0.4, -0.2) is 48.6 Å². The van der Waals surface area contributed by atoms with Crippen molar-refractivity contribution >= 4 is 5.91 Å². The fraction of sp³-hybridized carbons (Fsp3) is 0.400. The van der Waals surface area contributed by atoms with Crippen molar-refractivity contribution in [1.82, 2.24) is 20.8 Å². The molecule has 0 spiro atoms. The number of hydrogen-bond donors (Lipinski definition) is 2. The largest absolute Gasteiger partial charge is 0.454 e. The molecule has 4 rings (SSSR count). The molecule has 9 nitrogen and oxygen atoms in total. The first-order chi connectivity index (χ1) is 11.8. The zero-order chi connectivity index (χ0) is 16.4. The lowest BCUT2D eigenvalue weighted by atomic mass is 10.2. The number of rotatable bonds is 4. The summed E-state index contributed by atoms with van der Waals surface area (Å²) < 4.78 is 21.2. The zero-order valence-electron chi connectivity index (χ0n) is 12.8. The Morgan fingerprint density at radius 1 is 1.33 bits per heavy atom. The van der Waals surface area contributed by atoms with Gasteiger partial charge in [-0.05, 0) is 18.2 Å². The lowest BCUT2D eigenvalue weighted by Gasteiger charge is -2.22. The molecule has 9 heteroatoms. The van der Waals surface area contributed by atoms with Crippen LogP contribution >= 0.6 is 0 Å². The summed E-state index contributed by atoms with van der Waals surface area (Å²) in [5, 5.41) is 9.72. The van der Waals surface area contributed by atoms with Crippen molar-refractivity contribution in [3.05, 3.63) is 24.0 Å². The summed E-state index contributed by atoms with van der Waals surface area (Å²) in [6, 6.07) is 5.38. The number of ether oxygens (including phenoxy) is 3. The Morgan fingerprint density at radius 2 is 2.25 bits per heavy atom. The lowest BCUT2D eigenvalue weighted by molar-refractivity contribution is -0.134. The van der Waals surface area contributed by atoms with Crippen LogP contribution in [0.2, 0.25) is 0 Å². The Balaban J connectivity index is 1.39. The van der Waals surface area contributed by atoms with Crippen LogP contribution < -0.4 is 20.1 Å². The Hall–Kier alpha value is -2.65. The van der Waals surface area contributed by atoms with E-state index in [2.05, 4.69) is 20.8 Å². The molecule has 24 heavy (non-hydrogen) atoms. The summed E-state index contributed by atoms with van der Waals surface area (Å²) in [5.74, 6) is 1.87. The molecule has 0 saturated carbocycles. The highest BCUT2D eigenvalue weighted by atomic mass is 16.7. The van der Waals surface area contributed by atoms with Gasteiger partial charge in [0.15, 0.2) is 17.3 Å². The van der Waals surface area contributed by atoms with Crippen LogP contribution in [0.15, 0.2) is 22.7 Å². The van der Waals surface area contributed by atoms with E-state index in [9.17, 15) is 4.79 Å². The van der Waals surface area contributed by atoms with E-state index in [0.717, 1.165) is 12.1 Å². The van der Waals surface area contributed by atoms with Gasteiger partial charge in [0.2, 0.25) is 6.79 Å². The molecular weight excluding hydrogens is 316 g/mol. The van der Waals surface area contributed by atoms with Crippen molar-refractivity contribution < 1.29 is 23.5 Å². The predicted molar refractivity (Wildman–Crippen MR) is 80.3 cm³/mol. The van der Waals surface area contributed by atoms with Gasteiger partial charge in [-0.1, -0.05) is 5.16 Å². The summed E-state index contributed by atoms with van der Waals surface area (Å²) in [6.07, 6.45) is -0.487. The van der Waals surface area contributed by atoms with E-state index in [1.807, 2.05) is 6.07 Å². The topological polar surface area (TPSA) is 108 Å². The second-order valence-electron chi connectivity index (χ2n) is 5.37. The van der Waals surface area contributed by atoms with Crippen molar-refractivity contribution in [3.8, 4) is 23.0 Å². The van der Waals surface area contributed by atoms with Crippen LogP contribution in [-0.2, 0) is 16.1 Å². The normalized spacial score (nSPS) is 19.2. The number of amides is 1. The van der Waals surface area contributed by atoms with Crippen molar-refractivity contribution in [1.29, 1.82) is 0 Å². The van der Waals surface area contributed by atoms with Crippen LogP contribution in [0.25, 0.3) is 11.5 Å². The highest BCUT2D eigenvalue weighted by molar-refractivity contribution is 5.81. The second-order valence-corrected chi connectivity index (χ2v) is 5.37. The first kappa shape index (κ1) is 14.9. The second kappa shape index (κ2) is 6.46.